The Morgan fingerprint density at radius 2 is 1.74 bits per heavy atom. The predicted octanol–water partition coefficient (Wildman–Crippen LogP) is 3.38. The number of hydrogen-bond donors (Lipinski definition) is 4. The summed E-state index contributed by atoms with van der Waals surface area (Å²) >= 11 is 0. The van der Waals surface area contributed by atoms with Crippen LogP contribution in [0.3, 0.4) is 0 Å². The van der Waals surface area contributed by atoms with Crippen molar-refractivity contribution in [2.45, 2.75) is 38.5 Å². The van der Waals surface area contributed by atoms with Gasteiger partial charge in [0.25, 0.3) is 0 Å². The van der Waals surface area contributed by atoms with Crippen molar-refractivity contribution in [1.82, 2.24) is 10.3 Å². The molecule has 0 aliphatic carbocycles. The Kier molecular flexibility index (Phi) is 5.85. The number of β-amino-alcohol motifs (C(OH)–C–C–N with tert-alkyl or cyclic N) is 1. The van der Waals surface area contributed by atoms with Crippen molar-refractivity contribution in [2.75, 3.05) is 13.2 Å². The van der Waals surface area contributed by atoms with Crippen molar-refractivity contribution in [2.24, 2.45) is 0 Å². The molecule has 0 radical (unpaired) electrons. The number of hydrogen-bond acceptors (Lipinski definition) is 4. The largest absolute Gasteiger partial charge is 0.490 e. The maximum Gasteiger partial charge on any atom is 0.125 e. The van der Waals surface area contributed by atoms with E-state index in [0.29, 0.717) is 17.9 Å². The smallest absolute Gasteiger partial charge is 0.125 e. The van der Waals surface area contributed by atoms with Crippen LogP contribution in [0.5, 0.6) is 5.75 Å². The molecule has 0 bridgehead atoms. The van der Waals surface area contributed by atoms with E-state index in [1.165, 1.54) is 0 Å². The lowest BCUT2D eigenvalue weighted by molar-refractivity contribution is 0.0978. The van der Waals surface area contributed by atoms with E-state index in [4.69, 9.17) is 4.74 Å². The van der Waals surface area contributed by atoms with Crippen LogP contribution in [-0.4, -0.2) is 40.0 Å². The third-order valence-electron chi connectivity index (χ3n) is 4.44. The van der Waals surface area contributed by atoms with Crippen LogP contribution >= 0.6 is 0 Å². The molecule has 0 fully saturated rings. The Balaban J connectivity index is 1.75. The number of nitrogens with one attached hydrogen (secondary N) is 2. The number of fused-ring (bicyclic) bond motifs is 1. The van der Waals surface area contributed by atoms with Gasteiger partial charge in [0.1, 0.15) is 24.6 Å². The highest BCUT2D eigenvalue weighted by Gasteiger charge is 2.19. The number of benzene rings is 2. The van der Waals surface area contributed by atoms with Gasteiger partial charge in [0.15, 0.2) is 0 Å². The lowest BCUT2D eigenvalue weighted by atomic mass is 9.98. The van der Waals surface area contributed by atoms with E-state index in [-0.39, 0.29) is 12.1 Å². The maximum absolute atomic E-state index is 11.0. The van der Waals surface area contributed by atoms with Gasteiger partial charge in [-0.1, -0.05) is 30.3 Å². The van der Waals surface area contributed by atoms with E-state index >= 15 is 0 Å². The molecule has 1 heterocycles. The number of aliphatic hydroxyl groups is 2. The molecule has 0 saturated heterocycles. The predicted molar refractivity (Wildman–Crippen MR) is 108 cm³/mol. The lowest BCUT2D eigenvalue weighted by Crippen LogP contribution is -2.42. The van der Waals surface area contributed by atoms with Crippen molar-refractivity contribution in [3.8, 4) is 5.75 Å². The summed E-state index contributed by atoms with van der Waals surface area (Å²) in [4.78, 5) is 3.16. The first kappa shape index (κ1) is 19.4. The van der Waals surface area contributed by atoms with Crippen LogP contribution < -0.4 is 10.1 Å². The SMILES string of the molecule is CC(C)(C)NC[C@@H](O)COc1ccccc1[C@@H](O)c1cccc2[nH]ccc12. The molecule has 0 aliphatic rings. The van der Waals surface area contributed by atoms with Crippen LogP contribution in [-0.2, 0) is 0 Å². The summed E-state index contributed by atoms with van der Waals surface area (Å²) in [5, 5.41) is 25.4. The van der Waals surface area contributed by atoms with Crippen molar-refractivity contribution in [1.29, 1.82) is 0 Å². The topological polar surface area (TPSA) is 77.5 Å². The van der Waals surface area contributed by atoms with E-state index in [9.17, 15) is 10.2 Å². The molecule has 0 spiro atoms. The van der Waals surface area contributed by atoms with Crippen LogP contribution in [0.2, 0.25) is 0 Å². The second kappa shape index (κ2) is 8.13. The molecule has 3 aromatic rings. The number of ether oxygens (including phenoxy) is 1. The molecule has 144 valence electrons. The van der Waals surface area contributed by atoms with Gasteiger partial charge in [-0.25, -0.2) is 0 Å². The van der Waals surface area contributed by atoms with Crippen LogP contribution in [0, 0.1) is 0 Å². The number of aromatic nitrogens is 1. The van der Waals surface area contributed by atoms with E-state index in [1.807, 2.05) is 75.5 Å². The van der Waals surface area contributed by atoms with Gasteiger partial charge < -0.3 is 25.3 Å². The van der Waals surface area contributed by atoms with Gasteiger partial charge in [-0.2, -0.15) is 0 Å². The molecule has 1 aromatic heterocycles. The maximum atomic E-state index is 11.0. The van der Waals surface area contributed by atoms with E-state index in [2.05, 4.69) is 10.3 Å². The minimum absolute atomic E-state index is 0.0652. The number of rotatable bonds is 7. The van der Waals surface area contributed by atoms with Gasteiger partial charge >= 0.3 is 0 Å². The third kappa shape index (κ3) is 4.89. The van der Waals surface area contributed by atoms with E-state index in [1.54, 1.807) is 0 Å². The summed E-state index contributed by atoms with van der Waals surface area (Å²) in [6.07, 6.45) is 0.412. The monoisotopic (exact) mass is 368 g/mol. The Morgan fingerprint density at radius 1 is 1.00 bits per heavy atom. The second-order valence-electron chi connectivity index (χ2n) is 7.82. The average molecular weight is 368 g/mol. The Morgan fingerprint density at radius 3 is 2.52 bits per heavy atom. The zero-order chi connectivity index (χ0) is 19.4. The Bertz CT molecular complexity index is 882. The first-order valence-electron chi connectivity index (χ1n) is 9.24. The number of aliphatic hydroxyl groups excluding tert-OH is 2. The summed E-state index contributed by atoms with van der Waals surface area (Å²) < 4.78 is 5.84. The highest BCUT2D eigenvalue weighted by molar-refractivity contribution is 5.83. The minimum atomic E-state index is -0.814. The molecule has 2 atom stereocenters. The molecule has 5 nitrogen and oxygen atoms in total. The summed E-state index contributed by atoms with van der Waals surface area (Å²) in [6, 6.07) is 15.2. The van der Waals surface area contributed by atoms with E-state index in [0.717, 1.165) is 16.5 Å². The second-order valence-corrected chi connectivity index (χ2v) is 7.82. The van der Waals surface area contributed by atoms with Crippen molar-refractivity contribution < 1.29 is 14.9 Å². The standard InChI is InChI=1S/C22H28N2O3/c1-22(2,3)24-13-15(25)14-27-20-10-5-4-7-18(20)21(26)17-8-6-9-19-16(17)11-12-23-19/h4-12,15,21,23-26H,13-14H2,1-3H3/t15-,21+/m1/s1. The van der Waals surface area contributed by atoms with Gasteiger partial charge in [-0.15, -0.1) is 0 Å². The lowest BCUT2D eigenvalue weighted by Gasteiger charge is -2.23. The minimum Gasteiger partial charge on any atom is -0.490 e. The van der Waals surface area contributed by atoms with Crippen LogP contribution in [0.15, 0.2) is 54.7 Å². The van der Waals surface area contributed by atoms with E-state index < -0.39 is 12.2 Å². The fourth-order valence-electron chi connectivity index (χ4n) is 3.02. The van der Waals surface area contributed by atoms with Gasteiger partial charge in [0, 0.05) is 34.7 Å². The van der Waals surface area contributed by atoms with Gasteiger partial charge in [-0.05, 0) is 44.5 Å². The normalized spacial score (nSPS) is 14.3. The van der Waals surface area contributed by atoms with Gasteiger partial charge in [0.2, 0.25) is 0 Å². The molecule has 0 amide bonds. The van der Waals surface area contributed by atoms with Crippen molar-refractivity contribution in [3.05, 3.63) is 65.9 Å². The fraction of sp³-hybridized carbons (Fsp3) is 0.364. The molecule has 0 aliphatic heterocycles. The quantitative estimate of drug-likeness (QED) is 0.516. The fourth-order valence-corrected chi connectivity index (χ4v) is 3.02. The molecule has 3 rings (SSSR count). The molecule has 27 heavy (non-hydrogen) atoms. The number of para-hydroxylation sites is 1. The number of H-pyrrole nitrogens is 1. The zero-order valence-electron chi connectivity index (χ0n) is 16.1. The summed E-state index contributed by atoms with van der Waals surface area (Å²) in [5.74, 6) is 0.576. The molecule has 2 aromatic carbocycles. The molecule has 0 unspecified atom stereocenters. The first-order valence-corrected chi connectivity index (χ1v) is 9.24. The summed E-state index contributed by atoms with van der Waals surface area (Å²) in [7, 11) is 0. The Hall–Kier alpha value is -2.34. The van der Waals surface area contributed by atoms with Crippen molar-refractivity contribution >= 4 is 10.9 Å². The zero-order valence-corrected chi connectivity index (χ0v) is 16.1. The summed E-state index contributed by atoms with van der Waals surface area (Å²) in [6.45, 7) is 6.74. The third-order valence-corrected chi connectivity index (χ3v) is 4.44. The molecule has 5 heteroatoms. The number of aromatic amines is 1. The molecule has 4 N–H and O–H groups in total. The van der Waals surface area contributed by atoms with Crippen LogP contribution in [0.25, 0.3) is 10.9 Å². The summed E-state index contributed by atoms with van der Waals surface area (Å²) in [5.41, 5.74) is 2.42. The Labute approximate surface area is 160 Å². The van der Waals surface area contributed by atoms with Gasteiger partial charge in [0.05, 0.1) is 0 Å². The van der Waals surface area contributed by atoms with Crippen LogP contribution in [0.4, 0.5) is 0 Å². The molecule has 0 saturated carbocycles. The molecular weight excluding hydrogens is 340 g/mol. The highest BCUT2D eigenvalue weighted by Crippen LogP contribution is 2.33. The molecular formula is C22H28N2O3. The average Bonchev–Trinajstić information content (AvgIpc) is 3.12. The first-order chi connectivity index (χ1) is 12.8. The highest BCUT2D eigenvalue weighted by atomic mass is 16.5. The van der Waals surface area contributed by atoms with Crippen molar-refractivity contribution in [3.63, 3.8) is 0 Å². The van der Waals surface area contributed by atoms with Gasteiger partial charge in [-0.3, -0.25) is 0 Å². The van der Waals surface area contributed by atoms with Crippen LogP contribution in [0.1, 0.15) is 38.0 Å².